The second-order valence-corrected chi connectivity index (χ2v) is 5.40. The van der Waals surface area contributed by atoms with E-state index in [9.17, 15) is 4.79 Å². The molecule has 21 heavy (non-hydrogen) atoms. The SMILES string of the molecule is CNCC(C)C(=O)NCCCn1c(C)nc2ccccc21. The highest BCUT2D eigenvalue weighted by Gasteiger charge is 2.11. The predicted molar refractivity (Wildman–Crippen MR) is 85.2 cm³/mol. The molecule has 0 saturated heterocycles. The minimum absolute atomic E-state index is 0.00538. The minimum Gasteiger partial charge on any atom is -0.356 e. The Hall–Kier alpha value is -1.88. The van der Waals surface area contributed by atoms with Crippen molar-refractivity contribution < 1.29 is 4.79 Å². The molecule has 1 unspecified atom stereocenters. The topological polar surface area (TPSA) is 59.0 Å². The zero-order chi connectivity index (χ0) is 15.2. The van der Waals surface area contributed by atoms with Crippen LogP contribution in [0.5, 0.6) is 0 Å². The Morgan fingerprint density at radius 1 is 1.38 bits per heavy atom. The summed E-state index contributed by atoms with van der Waals surface area (Å²) in [6.45, 7) is 6.22. The van der Waals surface area contributed by atoms with Crippen molar-refractivity contribution in [2.45, 2.75) is 26.8 Å². The molecule has 1 amide bonds. The van der Waals surface area contributed by atoms with Crippen LogP contribution in [0.2, 0.25) is 0 Å². The Morgan fingerprint density at radius 3 is 2.90 bits per heavy atom. The lowest BCUT2D eigenvalue weighted by atomic mass is 10.1. The van der Waals surface area contributed by atoms with E-state index in [2.05, 4.69) is 26.3 Å². The number of aryl methyl sites for hydroxylation is 2. The van der Waals surface area contributed by atoms with Gasteiger partial charge in [0, 0.05) is 25.6 Å². The minimum atomic E-state index is 0.00538. The van der Waals surface area contributed by atoms with Gasteiger partial charge in [-0.2, -0.15) is 0 Å². The third kappa shape index (κ3) is 3.82. The number of nitrogens with one attached hydrogen (secondary N) is 2. The first kappa shape index (κ1) is 15.5. The number of fused-ring (bicyclic) bond motifs is 1. The van der Waals surface area contributed by atoms with Crippen LogP contribution >= 0.6 is 0 Å². The number of carbonyl (C=O) groups is 1. The lowest BCUT2D eigenvalue weighted by Gasteiger charge is -2.12. The monoisotopic (exact) mass is 288 g/mol. The number of imidazole rings is 1. The largest absolute Gasteiger partial charge is 0.356 e. The van der Waals surface area contributed by atoms with Crippen molar-refractivity contribution in [3.8, 4) is 0 Å². The highest BCUT2D eigenvalue weighted by molar-refractivity contribution is 5.78. The fourth-order valence-electron chi connectivity index (χ4n) is 2.50. The van der Waals surface area contributed by atoms with Crippen molar-refractivity contribution in [2.24, 2.45) is 5.92 Å². The lowest BCUT2D eigenvalue weighted by Crippen LogP contribution is -2.35. The summed E-state index contributed by atoms with van der Waals surface area (Å²) in [5, 5.41) is 6.00. The van der Waals surface area contributed by atoms with Crippen LogP contribution in [0.25, 0.3) is 11.0 Å². The van der Waals surface area contributed by atoms with Crippen molar-refractivity contribution in [3.05, 3.63) is 30.1 Å². The number of nitrogens with zero attached hydrogens (tertiary/aromatic N) is 2. The third-order valence-electron chi connectivity index (χ3n) is 3.66. The molecular weight excluding hydrogens is 264 g/mol. The molecule has 0 radical (unpaired) electrons. The number of aromatic nitrogens is 2. The molecule has 1 atom stereocenters. The summed E-state index contributed by atoms with van der Waals surface area (Å²) in [5.41, 5.74) is 2.19. The lowest BCUT2D eigenvalue weighted by molar-refractivity contribution is -0.124. The van der Waals surface area contributed by atoms with Gasteiger partial charge in [0.15, 0.2) is 0 Å². The Kier molecular flexibility index (Phi) is 5.33. The summed E-state index contributed by atoms with van der Waals surface area (Å²) in [4.78, 5) is 16.4. The average molecular weight is 288 g/mol. The first-order valence-corrected chi connectivity index (χ1v) is 7.47. The molecule has 0 aliphatic rings. The van der Waals surface area contributed by atoms with Crippen LogP contribution in [0.15, 0.2) is 24.3 Å². The van der Waals surface area contributed by atoms with E-state index >= 15 is 0 Å². The van der Waals surface area contributed by atoms with Crippen LogP contribution in [-0.2, 0) is 11.3 Å². The molecule has 0 fully saturated rings. The zero-order valence-electron chi connectivity index (χ0n) is 13.0. The van der Waals surface area contributed by atoms with Crippen LogP contribution in [0.4, 0.5) is 0 Å². The fraction of sp³-hybridized carbons (Fsp3) is 0.500. The maximum atomic E-state index is 11.8. The molecule has 2 aromatic rings. The Labute approximate surface area is 125 Å². The first-order valence-electron chi connectivity index (χ1n) is 7.47. The zero-order valence-corrected chi connectivity index (χ0v) is 13.0. The molecule has 2 N–H and O–H groups in total. The van der Waals surface area contributed by atoms with E-state index in [1.54, 1.807) is 0 Å². The van der Waals surface area contributed by atoms with Gasteiger partial charge in [-0.1, -0.05) is 19.1 Å². The quantitative estimate of drug-likeness (QED) is 0.763. The summed E-state index contributed by atoms with van der Waals surface area (Å²) >= 11 is 0. The van der Waals surface area contributed by atoms with Gasteiger partial charge in [-0.05, 0) is 32.5 Å². The standard InChI is InChI=1S/C16H24N4O/c1-12(11-17-3)16(21)18-9-6-10-20-13(2)19-14-7-4-5-8-15(14)20/h4-5,7-8,12,17H,6,9-11H2,1-3H3,(H,18,21). The molecule has 5 nitrogen and oxygen atoms in total. The van der Waals surface area contributed by atoms with Crippen molar-refractivity contribution in [1.82, 2.24) is 20.2 Å². The molecule has 114 valence electrons. The molecule has 0 aliphatic heterocycles. The predicted octanol–water partition coefficient (Wildman–Crippen LogP) is 1.71. The van der Waals surface area contributed by atoms with Crippen LogP contribution < -0.4 is 10.6 Å². The van der Waals surface area contributed by atoms with E-state index in [4.69, 9.17) is 0 Å². The summed E-state index contributed by atoms with van der Waals surface area (Å²) in [6.07, 6.45) is 0.902. The molecule has 2 rings (SSSR count). The van der Waals surface area contributed by atoms with Gasteiger partial charge < -0.3 is 15.2 Å². The van der Waals surface area contributed by atoms with E-state index in [1.807, 2.05) is 39.1 Å². The summed E-state index contributed by atoms with van der Waals surface area (Å²) in [7, 11) is 1.86. The van der Waals surface area contributed by atoms with Crippen LogP contribution in [-0.4, -0.2) is 35.6 Å². The first-order chi connectivity index (χ1) is 10.1. The average Bonchev–Trinajstić information content (AvgIpc) is 2.79. The Morgan fingerprint density at radius 2 is 2.14 bits per heavy atom. The number of benzene rings is 1. The maximum Gasteiger partial charge on any atom is 0.224 e. The molecule has 0 bridgehead atoms. The van der Waals surface area contributed by atoms with Gasteiger partial charge in [0.05, 0.1) is 11.0 Å². The number of hydrogen-bond acceptors (Lipinski definition) is 3. The molecular formula is C16H24N4O. The number of hydrogen-bond donors (Lipinski definition) is 2. The molecule has 1 heterocycles. The van der Waals surface area contributed by atoms with E-state index in [1.165, 1.54) is 0 Å². The van der Waals surface area contributed by atoms with Crippen LogP contribution in [0.3, 0.4) is 0 Å². The molecule has 0 saturated carbocycles. The molecule has 5 heteroatoms. The second kappa shape index (κ2) is 7.22. The van der Waals surface area contributed by atoms with Crippen molar-refractivity contribution in [1.29, 1.82) is 0 Å². The van der Waals surface area contributed by atoms with E-state index in [0.29, 0.717) is 13.1 Å². The fourth-order valence-corrected chi connectivity index (χ4v) is 2.50. The van der Waals surface area contributed by atoms with Gasteiger partial charge in [-0.3, -0.25) is 4.79 Å². The number of rotatable bonds is 7. The van der Waals surface area contributed by atoms with Crippen LogP contribution in [0, 0.1) is 12.8 Å². The summed E-state index contributed by atoms with van der Waals surface area (Å²) in [5.74, 6) is 1.13. The Bertz CT molecular complexity index is 605. The van der Waals surface area contributed by atoms with Gasteiger partial charge in [0.1, 0.15) is 5.82 Å². The van der Waals surface area contributed by atoms with Crippen molar-refractivity contribution in [3.63, 3.8) is 0 Å². The van der Waals surface area contributed by atoms with Crippen LogP contribution in [0.1, 0.15) is 19.2 Å². The second-order valence-electron chi connectivity index (χ2n) is 5.40. The smallest absolute Gasteiger partial charge is 0.224 e. The number of amides is 1. The van der Waals surface area contributed by atoms with Gasteiger partial charge in [-0.15, -0.1) is 0 Å². The molecule has 0 aliphatic carbocycles. The molecule has 0 spiro atoms. The van der Waals surface area contributed by atoms with E-state index in [-0.39, 0.29) is 11.8 Å². The normalized spacial score (nSPS) is 12.5. The van der Waals surface area contributed by atoms with Gasteiger partial charge in [0.2, 0.25) is 5.91 Å². The van der Waals surface area contributed by atoms with E-state index in [0.717, 1.165) is 29.8 Å². The Balaban J connectivity index is 1.86. The number of para-hydroxylation sites is 2. The highest BCUT2D eigenvalue weighted by atomic mass is 16.1. The van der Waals surface area contributed by atoms with Gasteiger partial charge in [0.25, 0.3) is 0 Å². The van der Waals surface area contributed by atoms with Crippen molar-refractivity contribution in [2.75, 3.05) is 20.1 Å². The van der Waals surface area contributed by atoms with Crippen molar-refractivity contribution >= 4 is 16.9 Å². The van der Waals surface area contributed by atoms with Gasteiger partial charge >= 0.3 is 0 Å². The summed E-state index contributed by atoms with van der Waals surface area (Å²) < 4.78 is 2.21. The maximum absolute atomic E-state index is 11.8. The van der Waals surface area contributed by atoms with Gasteiger partial charge in [-0.25, -0.2) is 4.98 Å². The highest BCUT2D eigenvalue weighted by Crippen LogP contribution is 2.15. The molecule has 1 aromatic heterocycles. The number of carbonyl (C=O) groups excluding carboxylic acids is 1. The molecule has 1 aromatic carbocycles. The summed E-state index contributed by atoms with van der Waals surface area (Å²) in [6, 6.07) is 8.15. The third-order valence-corrected chi connectivity index (χ3v) is 3.66. The van der Waals surface area contributed by atoms with E-state index < -0.39 is 0 Å².